The van der Waals surface area contributed by atoms with E-state index in [1.807, 2.05) is 36.4 Å². The van der Waals surface area contributed by atoms with Gasteiger partial charge in [0, 0.05) is 48.7 Å². The molecule has 4 rings (SSSR count). The molecule has 36 heavy (non-hydrogen) atoms. The Bertz CT molecular complexity index is 1110. The number of rotatable bonds is 7. The topological polar surface area (TPSA) is 104 Å². The van der Waals surface area contributed by atoms with E-state index < -0.39 is 0 Å². The van der Waals surface area contributed by atoms with Crippen LogP contribution in [0.15, 0.2) is 47.5 Å². The molecule has 192 valence electrons. The molecule has 8 heteroatoms. The van der Waals surface area contributed by atoms with Crippen LogP contribution in [0.1, 0.15) is 72.7 Å². The van der Waals surface area contributed by atoms with E-state index in [4.69, 9.17) is 4.74 Å². The number of carbonyl (C=O) groups is 2. The zero-order chi connectivity index (χ0) is 25.5. The van der Waals surface area contributed by atoms with Gasteiger partial charge in [0.2, 0.25) is 0 Å². The summed E-state index contributed by atoms with van der Waals surface area (Å²) in [5, 5.41) is 12.6. The van der Waals surface area contributed by atoms with Crippen molar-refractivity contribution in [2.45, 2.75) is 58.0 Å². The molecular formula is C28H37N5O3. The molecule has 1 atom stereocenters. The highest BCUT2D eigenvalue weighted by Gasteiger charge is 2.21. The molecule has 2 aliphatic heterocycles. The van der Waals surface area contributed by atoms with Gasteiger partial charge in [-0.3, -0.25) is 9.59 Å². The fraction of sp³-hybridized carbons (Fsp3) is 0.464. The SMILES string of the molecule is CC(C)(C)c1cc(C(=O)N=C2NCCN2)ccc1Nc1cccc(C(=O)NCCC2CCCCO2)c1. The Kier molecular flexibility index (Phi) is 8.25. The number of nitrogens with zero attached hydrogens (tertiary/aromatic N) is 1. The third-order valence-electron chi connectivity index (χ3n) is 6.43. The first kappa shape index (κ1) is 25.7. The van der Waals surface area contributed by atoms with Crippen molar-refractivity contribution in [2.24, 2.45) is 4.99 Å². The summed E-state index contributed by atoms with van der Waals surface area (Å²) in [6.45, 7) is 9.25. The lowest BCUT2D eigenvalue weighted by molar-refractivity contribution is 0.0117. The van der Waals surface area contributed by atoms with Gasteiger partial charge in [-0.15, -0.1) is 0 Å². The zero-order valence-electron chi connectivity index (χ0n) is 21.4. The molecule has 0 radical (unpaired) electrons. The summed E-state index contributed by atoms with van der Waals surface area (Å²) in [5.41, 5.74) is 3.59. The summed E-state index contributed by atoms with van der Waals surface area (Å²) in [7, 11) is 0. The maximum atomic E-state index is 12.7. The van der Waals surface area contributed by atoms with Crippen molar-refractivity contribution < 1.29 is 14.3 Å². The second kappa shape index (κ2) is 11.6. The predicted octanol–water partition coefficient (Wildman–Crippen LogP) is 4.11. The molecule has 0 saturated carbocycles. The molecule has 2 heterocycles. The predicted molar refractivity (Wildman–Crippen MR) is 143 cm³/mol. The molecule has 0 aliphatic carbocycles. The maximum Gasteiger partial charge on any atom is 0.280 e. The number of nitrogens with one attached hydrogen (secondary N) is 4. The lowest BCUT2D eigenvalue weighted by Crippen LogP contribution is -2.29. The highest BCUT2D eigenvalue weighted by Crippen LogP contribution is 2.33. The number of ether oxygens (including phenoxy) is 1. The van der Waals surface area contributed by atoms with E-state index in [2.05, 4.69) is 47.0 Å². The normalized spacial score (nSPS) is 17.6. The molecule has 2 aliphatic rings. The van der Waals surface area contributed by atoms with Gasteiger partial charge < -0.3 is 26.0 Å². The summed E-state index contributed by atoms with van der Waals surface area (Å²) >= 11 is 0. The van der Waals surface area contributed by atoms with Gasteiger partial charge in [-0.05, 0) is 73.1 Å². The first-order chi connectivity index (χ1) is 17.3. The van der Waals surface area contributed by atoms with Gasteiger partial charge in [-0.2, -0.15) is 4.99 Å². The highest BCUT2D eigenvalue weighted by atomic mass is 16.5. The molecule has 1 unspecified atom stereocenters. The van der Waals surface area contributed by atoms with Crippen molar-refractivity contribution in [3.8, 4) is 0 Å². The summed E-state index contributed by atoms with van der Waals surface area (Å²) in [6, 6.07) is 13.0. The third kappa shape index (κ3) is 6.85. The van der Waals surface area contributed by atoms with Gasteiger partial charge in [-0.25, -0.2) is 0 Å². The molecule has 4 N–H and O–H groups in total. The standard InChI is InChI=1S/C28H37N5O3/c1-28(2,3)23-18-20(26(35)33-27-30-14-15-31-27)10-11-24(23)32-21-8-6-7-19(17-21)25(34)29-13-12-22-9-4-5-16-36-22/h6-8,10-11,17-18,22,32H,4-5,9,12-16H2,1-3H3,(H,29,34)(H2,30,31,33,35). The Labute approximate surface area is 213 Å². The lowest BCUT2D eigenvalue weighted by atomic mass is 9.84. The Balaban J connectivity index is 1.45. The van der Waals surface area contributed by atoms with E-state index >= 15 is 0 Å². The summed E-state index contributed by atoms with van der Waals surface area (Å²) in [5.74, 6) is 0.127. The molecule has 2 fully saturated rings. The molecule has 0 aromatic heterocycles. The second-order valence-electron chi connectivity index (χ2n) is 10.4. The van der Waals surface area contributed by atoms with Crippen LogP contribution >= 0.6 is 0 Å². The van der Waals surface area contributed by atoms with Gasteiger partial charge >= 0.3 is 0 Å². The van der Waals surface area contributed by atoms with Gasteiger partial charge in [0.1, 0.15) is 0 Å². The van der Waals surface area contributed by atoms with Gasteiger partial charge in [0.25, 0.3) is 11.8 Å². The number of hydrogen-bond donors (Lipinski definition) is 4. The van der Waals surface area contributed by atoms with Crippen LogP contribution in [0.25, 0.3) is 0 Å². The number of aliphatic imine (C=N–C) groups is 1. The summed E-state index contributed by atoms with van der Waals surface area (Å²) in [6.07, 6.45) is 4.47. The van der Waals surface area contributed by atoms with Crippen molar-refractivity contribution >= 4 is 29.1 Å². The number of anilines is 2. The first-order valence-corrected chi connectivity index (χ1v) is 12.8. The van der Waals surface area contributed by atoms with E-state index in [1.165, 1.54) is 6.42 Å². The first-order valence-electron chi connectivity index (χ1n) is 12.8. The Morgan fingerprint density at radius 3 is 2.58 bits per heavy atom. The summed E-state index contributed by atoms with van der Waals surface area (Å²) in [4.78, 5) is 29.6. The van der Waals surface area contributed by atoms with Crippen LogP contribution in [0.4, 0.5) is 11.4 Å². The molecule has 2 saturated heterocycles. The van der Waals surface area contributed by atoms with Gasteiger partial charge in [-0.1, -0.05) is 26.8 Å². The highest BCUT2D eigenvalue weighted by molar-refractivity contribution is 6.03. The number of carbonyl (C=O) groups excluding carboxylic acids is 2. The minimum atomic E-state index is -0.291. The lowest BCUT2D eigenvalue weighted by Gasteiger charge is -2.24. The van der Waals surface area contributed by atoms with Crippen LogP contribution in [-0.4, -0.2) is 50.1 Å². The Morgan fingerprint density at radius 1 is 1.06 bits per heavy atom. The Hall–Kier alpha value is -3.39. The minimum absolute atomic E-state index is 0.0975. The fourth-order valence-electron chi connectivity index (χ4n) is 4.45. The van der Waals surface area contributed by atoms with Crippen molar-refractivity contribution in [3.63, 3.8) is 0 Å². The van der Waals surface area contributed by atoms with E-state index in [1.54, 1.807) is 6.07 Å². The second-order valence-corrected chi connectivity index (χ2v) is 10.4. The van der Waals surface area contributed by atoms with E-state index in [-0.39, 0.29) is 23.3 Å². The van der Waals surface area contributed by atoms with Crippen molar-refractivity contribution in [1.82, 2.24) is 16.0 Å². The van der Waals surface area contributed by atoms with E-state index in [9.17, 15) is 9.59 Å². The number of guanidine groups is 1. The van der Waals surface area contributed by atoms with Crippen LogP contribution in [0, 0.1) is 0 Å². The van der Waals surface area contributed by atoms with Crippen LogP contribution in [0.5, 0.6) is 0 Å². The molecule has 2 aromatic carbocycles. The van der Waals surface area contributed by atoms with Crippen LogP contribution < -0.4 is 21.3 Å². The summed E-state index contributed by atoms with van der Waals surface area (Å²) < 4.78 is 5.75. The average Bonchev–Trinajstić information content (AvgIpc) is 3.37. The fourth-order valence-corrected chi connectivity index (χ4v) is 4.45. The molecule has 8 nitrogen and oxygen atoms in total. The Morgan fingerprint density at radius 2 is 1.86 bits per heavy atom. The van der Waals surface area contributed by atoms with Crippen LogP contribution in [0.2, 0.25) is 0 Å². The maximum absolute atomic E-state index is 12.7. The van der Waals surface area contributed by atoms with Gasteiger partial charge in [0.15, 0.2) is 5.96 Å². The third-order valence-corrected chi connectivity index (χ3v) is 6.43. The van der Waals surface area contributed by atoms with Crippen LogP contribution in [0.3, 0.4) is 0 Å². The molecule has 0 spiro atoms. The molecule has 2 amide bonds. The number of hydrogen-bond acceptors (Lipinski definition) is 4. The molecule has 0 bridgehead atoms. The monoisotopic (exact) mass is 491 g/mol. The molecular weight excluding hydrogens is 454 g/mol. The number of amides is 2. The van der Waals surface area contributed by atoms with Crippen LogP contribution in [-0.2, 0) is 10.2 Å². The zero-order valence-corrected chi connectivity index (χ0v) is 21.4. The van der Waals surface area contributed by atoms with Gasteiger partial charge in [0.05, 0.1) is 6.10 Å². The largest absolute Gasteiger partial charge is 0.378 e. The van der Waals surface area contributed by atoms with E-state index in [0.29, 0.717) is 23.6 Å². The smallest absolute Gasteiger partial charge is 0.280 e. The number of benzene rings is 2. The quantitative estimate of drug-likeness (QED) is 0.465. The van der Waals surface area contributed by atoms with Crippen molar-refractivity contribution in [2.75, 3.05) is 31.6 Å². The van der Waals surface area contributed by atoms with Crippen molar-refractivity contribution in [3.05, 3.63) is 59.2 Å². The van der Waals surface area contributed by atoms with E-state index in [0.717, 1.165) is 55.9 Å². The van der Waals surface area contributed by atoms with Crippen molar-refractivity contribution in [1.29, 1.82) is 0 Å². The molecule has 2 aromatic rings. The average molecular weight is 492 g/mol. The minimum Gasteiger partial charge on any atom is -0.378 e.